The Morgan fingerprint density at radius 1 is 1.38 bits per heavy atom. The summed E-state index contributed by atoms with van der Waals surface area (Å²) in [5.41, 5.74) is 1.51. The van der Waals surface area contributed by atoms with Gasteiger partial charge in [-0.1, -0.05) is 22.4 Å². The van der Waals surface area contributed by atoms with Crippen LogP contribution in [0.4, 0.5) is 0 Å². The van der Waals surface area contributed by atoms with Crippen LogP contribution in [0.5, 0.6) is 0 Å². The first kappa shape index (κ1) is 12.6. The maximum absolute atomic E-state index is 3.53. The third-order valence-electron chi connectivity index (χ3n) is 3.44. The molecule has 2 rings (SSSR count). The lowest BCUT2D eigenvalue weighted by Gasteiger charge is -2.37. The lowest BCUT2D eigenvalue weighted by Crippen LogP contribution is -2.41. The highest BCUT2D eigenvalue weighted by Crippen LogP contribution is 2.25. The van der Waals surface area contributed by atoms with Gasteiger partial charge in [0.05, 0.1) is 0 Å². The molecule has 0 radical (unpaired) electrons. The Labute approximate surface area is 111 Å². The van der Waals surface area contributed by atoms with Crippen LogP contribution in [0, 0.1) is 0 Å². The van der Waals surface area contributed by atoms with Crippen LogP contribution in [0.1, 0.15) is 31.2 Å². The SMILES string of the molecule is BrCCCN(CCc1ccsc1)C1CCC1. The van der Waals surface area contributed by atoms with Crippen molar-refractivity contribution in [2.45, 2.75) is 38.1 Å². The van der Waals surface area contributed by atoms with Crippen molar-refractivity contribution in [3.8, 4) is 0 Å². The van der Waals surface area contributed by atoms with Gasteiger partial charge in [0.15, 0.2) is 0 Å². The van der Waals surface area contributed by atoms with E-state index in [1.54, 1.807) is 0 Å². The van der Waals surface area contributed by atoms with Gasteiger partial charge in [-0.25, -0.2) is 0 Å². The highest BCUT2D eigenvalue weighted by atomic mass is 79.9. The topological polar surface area (TPSA) is 3.24 Å². The minimum absolute atomic E-state index is 0.887. The molecular formula is C13H20BrNS. The zero-order valence-corrected chi connectivity index (χ0v) is 12.1. The lowest BCUT2D eigenvalue weighted by atomic mass is 9.91. The number of hydrogen-bond acceptors (Lipinski definition) is 2. The second-order valence-electron chi connectivity index (χ2n) is 4.54. The highest BCUT2D eigenvalue weighted by Gasteiger charge is 2.23. The van der Waals surface area contributed by atoms with Crippen LogP contribution in [0.2, 0.25) is 0 Å². The quantitative estimate of drug-likeness (QED) is 0.690. The van der Waals surface area contributed by atoms with Gasteiger partial charge in [0.25, 0.3) is 0 Å². The predicted molar refractivity (Wildman–Crippen MR) is 75.6 cm³/mol. The lowest BCUT2D eigenvalue weighted by molar-refractivity contribution is 0.129. The highest BCUT2D eigenvalue weighted by molar-refractivity contribution is 9.09. The molecule has 0 aromatic carbocycles. The van der Waals surface area contributed by atoms with Crippen LogP contribution < -0.4 is 0 Å². The Kier molecular flexibility index (Phi) is 5.33. The van der Waals surface area contributed by atoms with Crippen molar-refractivity contribution in [2.24, 2.45) is 0 Å². The molecule has 16 heavy (non-hydrogen) atoms. The molecule has 1 heterocycles. The molecule has 3 heteroatoms. The molecule has 0 bridgehead atoms. The number of hydrogen-bond donors (Lipinski definition) is 0. The summed E-state index contributed by atoms with van der Waals surface area (Å²) < 4.78 is 0. The van der Waals surface area contributed by atoms with Crippen LogP contribution >= 0.6 is 27.3 Å². The van der Waals surface area contributed by atoms with Gasteiger partial charge in [0.2, 0.25) is 0 Å². The van der Waals surface area contributed by atoms with Crippen LogP contribution in [-0.4, -0.2) is 29.4 Å². The average molecular weight is 302 g/mol. The zero-order chi connectivity index (χ0) is 11.2. The summed E-state index contributed by atoms with van der Waals surface area (Å²) >= 11 is 5.34. The molecule has 1 aliphatic carbocycles. The van der Waals surface area contributed by atoms with E-state index in [0.29, 0.717) is 0 Å². The van der Waals surface area contributed by atoms with E-state index < -0.39 is 0 Å². The smallest absolute Gasteiger partial charge is 0.00954 e. The molecule has 0 atom stereocenters. The van der Waals surface area contributed by atoms with E-state index in [2.05, 4.69) is 37.7 Å². The fraction of sp³-hybridized carbons (Fsp3) is 0.692. The monoisotopic (exact) mass is 301 g/mol. The molecule has 0 unspecified atom stereocenters. The van der Waals surface area contributed by atoms with Crippen molar-refractivity contribution >= 4 is 27.3 Å². The van der Waals surface area contributed by atoms with E-state index in [0.717, 1.165) is 11.4 Å². The number of halogens is 1. The molecule has 0 aliphatic heterocycles. The second-order valence-corrected chi connectivity index (χ2v) is 6.12. The standard InChI is InChI=1S/C13H20BrNS/c14-7-2-8-15(13-3-1-4-13)9-5-12-6-10-16-11-12/h6,10-11,13H,1-5,7-9H2. The molecule has 0 N–H and O–H groups in total. The molecule has 1 fully saturated rings. The van der Waals surface area contributed by atoms with Gasteiger partial charge in [0, 0.05) is 17.9 Å². The Balaban J connectivity index is 1.76. The Morgan fingerprint density at radius 2 is 2.25 bits per heavy atom. The van der Waals surface area contributed by atoms with Gasteiger partial charge in [0.1, 0.15) is 0 Å². The fourth-order valence-corrected chi connectivity index (χ4v) is 3.15. The number of rotatable bonds is 7. The van der Waals surface area contributed by atoms with Crippen molar-refractivity contribution in [3.05, 3.63) is 22.4 Å². The summed E-state index contributed by atoms with van der Waals surface area (Å²) in [4.78, 5) is 2.70. The molecular weight excluding hydrogens is 282 g/mol. The van der Waals surface area contributed by atoms with Crippen LogP contribution in [-0.2, 0) is 6.42 Å². The number of nitrogens with zero attached hydrogens (tertiary/aromatic N) is 1. The maximum Gasteiger partial charge on any atom is 0.00954 e. The Morgan fingerprint density at radius 3 is 2.81 bits per heavy atom. The van der Waals surface area contributed by atoms with E-state index in [4.69, 9.17) is 0 Å². The van der Waals surface area contributed by atoms with Gasteiger partial charge in [-0.15, -0.1) is 0 Å². The Hall–Kier alpha value is 0.140. The second kappa shape index (κ2) is 6.77. The first-order chi connectivity index (χ1) is 7.90. The van der Waals surface area contributed by atoms with Crippen molar-refractivity contribution < 1.29 is 0 Å². The van der Waals surface area contributed by atoms with Gasteiger partial charge in [-0.05, 0) is 54.6 Å². The number of alkyl halides is 1. The predicted octanol–water partition coefficient (Wildman–Crippen LogP) is 3.93. The molecule has 0 spiro atoms. The van der Waals surface area contributed by atoms with Gasteiger partial charge < -0.3 is 4.90 Å². The first-order valence-electron chi connectivity index (χ1n) is 6.21. The molecule has 1 saturated carbocycles. The van der Waals surface area contributed by atoms with Crippen LogP contribution in [0.3, 0.4) is 0 Å². The van der Waals surface area contributed by atoms with Gasteiger partial charge in [-0.2, -0.15) is 11.3 Å². The summed E-state index contributed by atoms with van der Waals surface area (Å²) in [6.45, 7) is 2.51. The van der Waals surface area contributed by atoms with Crippen molar-refractivity contribution in [2.75, 3.05) is 18.4 Å². The van der Waals surface area contributed by atoms with Crippen molar-refractivity contribution in [3.63, 3.8) is 0 Å². The van der Waals surface area contributed by atoms with Crippen LogP contribution in [0.15, 0.2) is 16.8 Å². The molecule has 90 valence electrons. The third-order valence-corrected chi connectivity index (χ3v) is 4.73. The molecule has 1 aromatic rings. The average Bonchev–Trinajstić information content (AvgIpc) is 2.72. The van der Waals surface area contributed by atoms with Crippen molar-refractivity contribution in [1.29, 1.82) is 0 Å². The van der Waals surface area contributed by atoms with Crippen molar-refractivity contribution in [1.82, 2.24) is 4.90 Å². The van der Waals surface area contributed by atoms with Crippen LogP contribution in [0.25, 0.3) is 0 Å². The summed E-state index contributed by atoms with van der Waals surface area (Å²) in [5, 5.41) is 5.60. The van der Waals surface area contributed by atoms with E-state index in [1.165, 1.54) is 50.8 Å². The van der Waals surface area contributed by atoms with E-state index >= 15 is 0 Å². The largest absolute Gasteiger partial charge is 0.300 e. The summed E-state index contributed by atoms with van der Waals surface area (Å²) in [6.07, 6.45) is 6.79. The molecule has 0 saturated heterocycles. The van der Waals surface area contributed by atoms with E-state index in [1.807, 2.05) is 11.3 Å². The molecule has 1 nitrogen and oxygen atoms in total. The summed E-state index contributed by atoms with van der Waals surface area (Å²) in [5.74, 6) is 0. The minimum Gasteiger partial charge on any atom is -0.300 e. The van der Waals surface area contributed by atoms with E-state index in [9.17, 15) is 0 Å². The maximum atomic E-state index is 3.53. The molecule has 1 aliphatic rings. The van der Waals surface area contributed by atoms with Gasteiger partial charge >= 0.3 is 0 Å². The number of thiophene rings is 1. The third kappa shape index (κ3) is 3.57. The van der Waals surface area contributed by atoms with E-state index in [-0.39, 0.29) is 0 Å². The Bertz CT molecular complexity index is 282. The van der Waals surface area contributed by atoms with Gasteiger partial charge in [-0.3, -0.25) is 0 Å². The first-order valence-corrected chi connectivity index (χ1v) is 8.27. The molecule has 0 amide bonds. The summed E-state index contributed by atoms with van der Waals surface area (Å²) in [7, 11) is 0. The zero-order valence-electron chi connectivity index (χ0n) is 9.70. The normalized spacial score (nSPS) is 16.6. The minimum atomic E-state index is 0.887. The fourth-order valence-electron chi connectivity index (χ4n) is 2.20. The molecule has 1 aromatic heterocycles. The summed E-state index contributed by atoms with van der Waals surface area (Å²) in [6, 6.07) is 3.14.